The predicted octanol–water partition coefficient (Wildman–Crippen LogP) is 3.34. The molecule has 0 saturated carbocycles. The average molecular weight is 356 g/mol. The van der Waals surface area contributed by atoms with E-state index in [0.717, 1.165) is 11.1 Å². The summed E-state index contributed by atoms with van der Waals surface area (Å²) in [5, 5.41) is 10.6. The summed E-state index contributed by atoms with van der Waals surface area (Å²) in [5.74, 6) is 1.44. The minimum absolute atomic E-state index is 0.0343. The van der Waals surface area contributed by atoms with E-state index in [9.17, 15) is 4.79 Å². The molecule has 4 aromatic rings. The van der Waals surface area contributed by atoms with Crippen molar-refractivity contribution in [3.63, 3.8) is 0 Å². The van der Waals surface area contributed by atoms with E-state index >= 15 is 0 Å². The standard InChI is InChI=1S/C16H12N4O2S2/c1-20-15(21)13-11(7-8-23-13)17-16(20)24-9-12-18-19-14(22-12)10-5-3-2-4-6-10/h2-8H,9H2,1H3. The molecule has 0 atom stereocenters. The van der Waals surface area contributed by atoms with Crippen LogP contribution >= 0.6 is 23.1 Å². The first-order valence-corrected chi connectivity index (χ1v) is 9.04. The molecule has 0 radical (unpaired) electrons. The van der Waals surface area contributed by atoms with Gasteiger partial charge in [-0.15, -0.1) is 21.5 Å². The summed E-state index contributed by atoms with van der Waals surface area (Å²) in [6.07, 6.45) is 0. The first-order chi connectivity index (χ1) is 11.7. The van der Waals surface area contributed by atoms with Crippen molar-refractivity contribution in [1.29, 1.82) is 0 Å². The van der Waals surface area contributed by atoms with Gasteiger partial charge in [-0.3, -0.25) is 9.36 Å². The van der Waals surface area contributed by atoms with Crippen molar-refractivity contribution in [3.8, 4) is 11.5 Å². The van der Waals surface area contributed by atoms with Crippen LogP contribution < -0.4 is 5.56 Å². The van der Waals surface area contributed by atoms with Crippen molar-refractivity contribution >= 4 is 33.3 Å². The molecule has 0 amide bonds. The van der Waals surface area contributed by atoms with Crippen molar-refractivity contribution in [2.45, 2.75) is 10.9 Å². The van der Waals surface area contributed by atoms with Gasteiger partial charge in [-0.05, 0) is 23.6 Å². The number of fused-ring (bicyclic) bond motifs is 1. The molecule has 8 heteroatoms. The molecule has 0 aliphatic heterocycles. The zero-order valence-corrected chi connectivity index (χ0v) is 14.3. The van der Waals surface area contributed by atoms with Crippen molar-refractivity contribution in [3.05, 3.63) is 58.0 Å². The van der Waals surface area contributed by atoms with E-state index < -0.39 is 0 Å². The van der Waals surface area contributed by atoms with E-state index in [2.05, 4.69) is 15.2 Å². The van der Waals surface area contributed by atoms with E-state index in [1.807, 2.05) is 41.8 Å². The van der Waals surface area contributed by atoms with Crippen molar-refractivity contribution in [1.82, 2.24) is 19.7 Å². The largest absolute Gasteiger partial charge is 0.420 e. The molecule has 6 nitrogen and oxygen atoms in total. The Morgan fingerprint density at radius 3 is 2.88 bits per heavy atom. The fourth-order valence-electron chi connectivity index (χ4n) is 2.23. The molecule has 3 heterocycles. The van der Waals surface area contributed by atoms with E-state index in [0.29, 0.717) is 27.4 Å². The van der Waals surface area contributed by atoms with Gasteiger partial charge in [0.15, 0.2) is 5.16 Å². The Kier molecular flexibility index (Phi) is 3.91. The number of rotatable bonds is 4. The molecule has 1 aromatic carbocycles. The topological polar surface area (TPSA) is 73.8 Å². The summed E-state index contributed by atoms with van der Waals surface area (Å²) in [7, 11) is 1.72. The van der Waals surface area contributed by atoms with E-state index in [-0.39, 0.29) is 5.56 Å². The molecule has 0 spiro atoms. The van der Waals surface area contributed by atoms with Crippen LogP contribution in [0.2, 0.25) is 0 Å². The minimum atomic E-state index is -0.0343. The van der Waals surface area contributed by atoms with Gasteiger partial charge in [0.2, 0.25) is 11.8 Å². The van der Waals surface area contributed by atoms with Crippen LogP contribution in [0.1, 0.15) is 5.89 Å². The molecule has 24 heavy (non-hydrogen) atoms. The number of thiophene rings is 1. The molecule has 0 aliphatic carbocycles. The summed E-state index contributed by atoms with van der Waals surface area (Å²) < 4.78 is 7.90. The second-order valence-electron chi connectivity index (χ2n) is 5.05. The number of hydrogen-bond donors (Lipinski definition) is 0. The Balaban J connectivity index is 1.56. The van der Waals surface area contributed by atoms with Gasteiger partial charge in [-0.1, -0.05) is 30.0 Å². The fourth-order valence-corrected chi connectivity index (χ4v) is 3.85. The number of nitrogens with zero attached hydrogens (tertiary/aromatic N) is 4. The van der Waals surface area contributed by atoms with Crippen molar-refractivity contribution in [2.75, 3.05) is 0 Å². The van der Waals surface area contributed by atoms with Crippen LogP contribution in [-0.4, -0.2) is 19.7 Å². The zero-order valence-electron chi connectivity index (χ0n) is 12.7. The third-order valence-electron chi connectivity index (χ3n) is 3.46. The highest BCUT2D eigenvalue weighted by Gasteiger charge is 2.13. The van der Waals surface area contributed by atoms with Crippen molar-refractivity contribution < 1.29 is 4.42 Å². The highest BCUT2D eigenvalue weighted by molar-refractivity contribution is 7.98. The van der Waals surface area contributed by atoms with Gasteiger partial charge in [0, 0.05) is 12.6 Å². The Labute approximate surface area is 145 Å². The number of thioether (sulfide) groups is 1. The Morgan fingerprint density at radius 2 is 2.04 bits per heavy atom. The monoisotopic (exact) mass is 356 g/mol. The molecular weight excluding hydrogens is 344 g/mol. The first kappa shape index (κ1) is 15.1. The van der Waals surface area contributed by atoms with Gasteiger partial charge in [0.1, 0.15) is 4.70 Å². The van der Waals surface area contributed by atoms with Gasteiger partial charge in [-0.2, -0.15) is 0 Å². The summed E-state index contributed by atoms with van der Waals surface area (Å²) in [6.45, 7) is 0. The van der Waals surface area contributed by atoms with Gasteiger partial charge < -0.3 is 4.42 Å². The SMILES string of the molecule is Cn1c(SCc2nnc(-c3ccccc3)o2)nc2ccsc2c1=O. The highest BCUT2D eigenvalue weighted by atomic mass is 32.2. The summed E-state index contributed by atoms with van der Waals surface area (Å²) in [4.78, 5) is 16.8. The lowest BCUT2D eigenvalue weighted by Gasteiger charge is -2.05. The van der Waals surface area contributed by atoms with Gasteiger partial charge in [-0.25, -0.2) is 4.98 Å². The molecule has 0 fully saturated rings. The van der Waals surface area contributed by atoms with E-state index in [1.54, 1.807) is 11.6 Å². The number of aromatic nitrogens is 4. The maximum Gasteiger partial charge on any atom is 0.271 e. The number of hydrogen-bond acceptors (Lipinski definition) is 7. The van der Waals surface area contributed by atoms with Crippen LogP contribution in [0.3, 0.4) is 0 Å². The van der Waals surface area contributed by atoms with Gasteiger partial charge in [0.05, 0.1) is 11.3 Å². The molecular formula is C16H12N4O2S2. The fraction of sp³-hybridized carbons (Fsp3) is 0.125. The predicted molar refractivity (Wildman–Crippen MR) is 94.2 cm³/mol. The second kappa shape index (κ2) is 6.21. The third kappa shape index (κ3) is 2.74. The quantitative estimate of drug-likeness (QED) is 0.412. The Morgan fingerprint density at radius 1 is 1.21 bits per heavy atom. The maximum atomic E-state index is 12.3. The van der Waals surface area contributed by atoms with Gasteiger partial charge in [0.25, 0.3) is 5.56 Å². The van der Waals surface area contributed by atoms with Crippen LogP contribution in [0.4, 0.5) is 0 Å². The molecule has 0 unspecified atom stereocenters. The number of benzene rings is 1. The molecule has 120 valence electrons. The third-order valence-corrected chi connectivity index (χ3v) is 5.36. The molecule has 3 aromatic heterocycles. The molecule has 0 N–H and O–H groups in total. The smallest absolute Gasteiger partial charge is 0.271 e. The Bertz CT molecular complexity index is 1050. The van der Waals surface area contributed by atoms with Crippen LogP contribution in [0.5, 0.6) is 0 Å². The van der Waals surface area contributed by atoms with Crippen LogP contribution in [0, 0.1) is 0 Å². The zero-order chi connectivity index (χ0) is 16.5. The summed E-state index contributed by atoms with van der Waals surface area (Å²) >= 11 is 2.81. The van der Waals surface area contributed by atoms with Gasteiger partial charge >= 0.3 is 0 Å². The molecule has 0 aliphatic rings. The second-order valence-corrected chi connectivity index (χ2v) is 6.91. The van der Waals surface area contributed by atoms with Crippen LogP contribution in [-0.2, 0) is 12.8 Å². The van der Waals surface area contributed by atoms with E-state index in [1.165, 1.54) is 23.1 Å². The Hall–Kier alpha value is -2.45. The normalized spacial score (nSPS) is 11.2. The van der Waals surface area contributed by atoms with Crippen LogP contribution in [0.25, 0.3) is 21.7 Å². The first-order valence-electron chi connectivity index (χ1n) is 7.17. The van der Waals surface area contributed by atoms with Crippen LogP contribution in [0.15, 0.2) is 56.1 Å². The molecule has 4 rings (SSSR count). The highest BCUT2D eigenvalue weighted by Crippen LogP contribution is 2.24. The minimum Gasteiger partial charge on any atom is -0.420 e. The lowest BCUT2D eigenvalue weighted by molar-refractivity contribution is 0.528. The lowest BCUT2D eigenvalue weighted by Crippen LogP contribution is -2.18. The summed E-state index contributed by atoms with van der Waals surface area (Å²) in [6, 6.07) is 11.5. The maximum absolute atomic E-state index is 12.3. The van der Waals surface area contributed by atoms with E-state index in [4.69, 9.17) is 4.42 Å². The average Bonchev–Trinajstić information content (AvgIpc) is 3.27. The summed E-state index contributed by atoms with van der Waals surface area (Å²) in [5.41, 5.74) is 1.57. The lowest BCUT2D eigenvalue weighted by atomic mass is 10.2. The molecule has 0 saturated heterocycles. The van der Waals surface area contributed by atoms with Crippen molar-refractivity contribution in [2.24, 2.45) is 7.05 Å². The molecule has 0 bridgehead atoms.